The molecule has 0 aromatic heterocycles. The third kappa shape index (κ3) is 3.96. The fourth-order valence-corrected chi connectivity index (χ4v) is 2.52. The fraction of sp³-hybridized carbons (Fsp3) is 0.923. The Labute approximate surface area is 104 Å². The smallest absolute Gasteiger partial charge is 0.225 e. The summed E-state index contributed by atoms with van der Waals surface area (Å²) in [4.78, 5) is 14.0. The number of aliphatic hydroxyl groups excluding tert-OH is 1. The van der Waals surface area contributed by atoms with Gasteiger partial charge in [0.25, 0.3) is 0 Å². The van der Waals surface area contributed by atoms with Gasteiger partial charge in [-0.05, 0) is 32.1 Å². The molecule has 0 aliphatic heterocycles. The van der Waals surface area contributed by atoms with Crippen molar-refractivity contribution in [2.75, 3.05) is 13.6 Å². The van der Waals surface area contributed by atoms with Crippen LogP contribution in [0.15, 0.2) is 0 Å². The lowest BCUT2D eigenvalue weighted by Gasteiger charge is -2.35. The van der Waals surface area contributed by atoms with Crippen LogP contribution in [-0.2, 0) is 4.79 Å². The zero-order valence-electron chi connectivity index (χ0n) is 11.2. The summed E-state index contributed by atoms with van der Waals surface area (Å²) < 4.78 is 0. The van der Waals surface area contributed by atoms with Crippen LogP contribution in [0.25, 0.3) is 0 Å². The van der Waals surface area contributed by atoms with Crippen LogP contribution in [-0.4, -0.2) is 41.7 Å². The number of amides is 1. The largest absolute Gasteiger partial charge is 0.393 e. The van der Waals surface area contributed by atoms with Crippen LogP contribution >= 0.6 is 0 Å². The summed E-state index contributed by atoms with van der Waals surface area (Å²) in [7, 11) is 1.82. The zero-order valence-corrected chi connectivity index (χ0v) is 11.2. The first-order chi connectivity index (χ1) is 7.93. The minimum absolute atomic E-state index is 0.0674. The summed E-state index contributed by atoms with van der Waals surface area (Å²) in [6, 6.07) is 0.155. The van der Waals surface area contributed by atoms with Crippen molar-refractivity contribution in [2.24, 2.45) is 17.6 Å². The third-order valence-electron chi connectivity index (χ3n) is 3.94. The Hall–Kier alpha value is -0.610. The molecule has 17 heavy (non-hydrogen) atoms. The lowest BCUT2D eigenvalue weighted by atomic mass is 9.76. The van der Waals surface area contributed by atoms with Crippen molar-refractivity contribution in [3.63, 3.8) is 0 Å². The Bertz CT molecular complexity index is 256. The molecule has 0 saturated heterocycles. The highest BCUT2D eigenvalue weighted by molar-refractivity contribution is 5.79. The molecule has 1 aliphatic rings. The van der Waals surface area contributed by atoms with Crippen LogP contribution in [0.5, 0.6) is 0 Å². The average Bonchev–Trinajstić information content (AvgIpc) is 2.28. The maximum atomic E-state index is 12.3. The van der Waals surface area contributed by atoms with Crippen LogP contribution in [0.2, 0.25) is 0 Å². The molecular weight excluding hydrogens is 216 g/mol. The molecule has 4 nitrogen and oxygen atoms in total. The van der Waals surface area contributed by atoms with Crippen LogP contribution < -0.4 is 5.73 Å². The monoisotopic (exact) mass is 242 g/mol. The van der Waals surface area contributed by atoms with Crippen LogP contribution in [0.1, 0.15) is 39.5 Å². The Kier molecular flexibility index (Phi) is 5.40. The van der Waals surface area contributed by atoms with Gasteiger partial charge in [-0.15, -0.1) is 0 Å². The van der Waals surface area contributed by atoms with Gasteiger partial charge in [0.05, 0.1) is 6.10 Å². The molecule has 0 heterocycles. The van der Waals surface area contributed by atoms with Crippen molar-refractivity contribution >= 4 is 5.91 Å². The summed E-state index contributed by atoms with van der Waals surface area (Å²) in [6.07, 6.45) is 3.31. The van der Waals surface area contributed by atoms with Crippen molar-refractivity contribution in [1.82, 2.24) is 4.90 Å². The van der Waals surface area contributed by atoms with Gasteiger partial charge in [0.1, 0.15) is 0 Å². The first kappa shape index (κ1) is 14.5. The Morgan fingerprint density at radius 1 is 1.53 bits per heavy atom. The molecule has 0 aromatic carbocycles. The van der Waals surface area contributed by atoms with Crippen molar-refractivity contribution in [1.29, 1.82) is 0 Å². The maximum absolute atomic E-state index is 12.3. The van der Waals surface area contributed by atoms with Gasteiger partial charge in [-0.25, -0.2) is 0 Å². The lowest BCUT2D eigenvalue weighted by molar-refractivity contribution is -0.137. The van der Waals surface area contributed by atoms with Gasteiger partial charge < -0.3 is 15.7 Å². The van der Waals surface area contributed by atoms with Crippen LogP contribution in [0.3, 0.4) is 0 Å². The third-order valence-corrected chi connectivity index (χ3v) is 3.94. The second kappa shape index (κ2) is 6.36. The predicted molar refractivity (Wildman–Crippen MR) is 68.4 cm³/mol. The van der Waals surface area contributed by atoms with E-state index in [9.17, 15) is 9.90 Å². The number of carbonyl (C=O) groups excluding carboxylic acids is 1. The number of nitrogens with zero attached hydrogens (tertiary/aromatic N) is 1. The highest BCUT2D eigenvalue weighted by Gasteiger charge is 2.33. The van der Waals surface area contributed by atoms with E-state index < -0.39 is 0 Å². The van der Waals surface area contributed by atoms with E-state index in [1.54, 1.807) is 11.8 Å². The van der Waals surface area contributed by atoms with Crippen molar-refractivity contribution in [3.8, 4) is 0 Å². The van der Waals surface area contributed by atoms with Crippen molar-refractivity contribution in [2.45, 2.75) is 51.7 Å². The molecule has 1 rings (SSSR count). The van der Waals surface area contributed by atoms with Gasteiger partial charge in [0, 0.05) is 25.6 Å². The molecule has 4 heteroatoms. The summed E-state index contributed by atoms with van der Waals surface area (Å²) in [5.41, 5.74) is 6.02. The normalized spacial score (nSPS) is 31.0. The van der Waals surface area contributed by atoms with Crippen molar-refractivity contribution < 1.29 is 9.90 Å². The van der Waals surface area contributed by atoms with Crippen LogP contribution in [0.4, 0.5) is 0 Å². The van der Waals surface area contributed by atoms with Gasteiger partial charge in [-0.3, -0.25) is 4.79 Å². The minimum atomic E-state index is -0.351. The van der Waals surface area contributed by atoms with E-state index in [4.69, 9.17) is 5.73 Å². The van der Waals surface area contributed by atoms with E-state index in [1.165, 1.54) is 0 Å². The quantitative estimate of drug-likeness (QED) is 0.772. The molecule has 0 spiro atoms. The van der Waals surface area contributed by atoms with Crippen LogP contribution in [0, 0.1) is 11.8 Å². The molecule has 1 aliphatic carbocycles. The molecule has 0 radical (unpaired) electrons. The number of hydrogen-bond acceptors (Lipinski definition) is 3. The first-order valence-electron chi connectivity index (χ1n) is 6.62. The van der Waals surface area contributed by atoms with Crippen molar-refractivity contribution in [3.05, 3.63) is 0 Å². The van der Waals surface area contributed by atoms with E-state index in [2.05, 4.69) is 6.92 Å². The van der Waals surface area contributed by atoms with Gasteiger partial charge >= 0.3 is 0 Å². The molecule has 1 amide bonds. The molecule has 4 atom stereocenters. The highest BCUT2D eigenvalue weighted by Crippen LogP contribution is 2.30. The van der Waals surface area contributed by atoms with E-state index >= 15 is 0 Å². The molecule has 1 saturated carbocycles. The second-order valence-electron chi connectivity index (χ2n) is 5.46. The molecule has 4 unspecified atom stereocenters. The van der Waals surface area contributed by atoms with Gasteiger partial charge in [-0.1, -0.05) is 13.3 Å². The van der Waals surface area contributed by atoms with E-state index in [-0.39, 0.29) is 29.9 Å². The number of hydrogen-bond donors (Lipinski definition) is 2. The van der Waals surface area contributed by atoms with E-state index in [0.717, 1.165) is 19.3 Å². The number of rotatable bonds is 4. The standard InChI is InChI=1S/C13H26N2O2/c1-9(16)7-8-15(3)13(17)11-5-4-6-12(14)10(11)2/h9-12,16H,4-8,14H2,1-3H3. The summed E-state index contributed by atoms with van der Waals surface area (Å²) in [5.74, 6) is 0.524. The minimum Gasteiger partial charge on any atom is -0.393 e. The SMILES string of the molecule is CC(O)CCN(C)C(=O)C1CCCC(N)C1C. The van der Waals surface area contributed by atoms with Gasteiger partial charge in [0.2, 0.25) is 5.91 Å². The summed E-state index contributed by atoms with van der Waals surface area (Å²) in [6.45, 7) is 4.45. The molecule has 0 bridgehead atoms. The fourth-order valence-electron chi connectivity index (χ4n) is 2.52. The Morgan fingerprint density at radius 2 is 2.18 bits per heavy atom. The van der Waals surface area contributed by atoms with E-state index in [1.807, 2.05) is 7.05 Å². The predicted octanol–water partition coefficient (Wildman–Crippen LogP) is 0.979. The number of carbonyl (C=O) groups is 1. The topological polar surface area (TPSA) is 66.6 Å². The number of aliphatic hydroxyl groups is 1. The summed E-state index contributed by atoms with van der Waals surface area (Å²) in [5, 5.41) is 9.23. The van der Waals surface area contributed by atoms with Gasteiger partial charge in [0.15, 0.2) is 0 Å². The maximum Gasteiger partial charge on any atom is 0.225 e. The Morgan fingerprint density at radius 3 is 2.76 bits per heavy atom. The Balaban J connectivity index is 2.50. The molecule has 100 valence electrons. The summed E-state index contributed by atoms with van der Waals surface area (Å²) >= 11 is 0. The zero-order chi connectivity index (χ0) is 13.0. The highest BCUT2D eigenvalue weighted by atomic mass is 16.3. The van der Waals surface area contributed by atoms with E-state index in [0.29, 0.717) is 13.0 Å². The van der Waals surface area contributed by atoms with Gasteiger partial charge in [-0.2, -0.15) is 0 Å². The lowest BCUT2D eigenvalue weighted by Crippen LogP contribution is -2.45. The molecule has 1 fully saturated rings. The number of nitrogens with two attached hydrogens (primary N) is 1. The molecular formula is C13H26N2O2. The average molecular weight is 242 g/mol. The molecule has 3 N–H and O–H groups in total. The first-order valence-corrected chi connectivity index (χ1v) is 6.62. The second-order valence-corrected chi connectivity index (χ2v) is 5.46. The molecule has 0 aromatic rings.